The molecule has 0 aromatic carbocycles. The number of carbonyl (C=O) groups excluding carboxylic acids is 1. The highest BCUT2D eigenvalue weighted by atomic mass is 35.5. The molecule has 0 heterocycles. The van der Waals surface area contributed by atoms with Crippen LogP contribution in [0.5, 0.6) is 0 Å². The fourth-order valence-electron chi connectivity index (χ4n) is 1.15. The minimum absolute atomic E-state index is 0.0920. The summed E-state index contributed by atoms with van der Waals surface area (Å²) in [6.45, 7) is 5.15. The van der Waals surface area contributed by atoms with Crippen LogP contribution in [0.1, 0.15) is 33.1 Å². The average Bonchev–Trinajstić information content (AvgIpc) is 2.10. The molecular weight excluding hydrogens is 188 g/mol. The second-order valence-electron chi connectivity index (χ2n) is 3.19. The van der Waals surface area contributed by atoms with Crippen molar-refractivity contribution in [3.8, 4) is 0 Å². The van der Waals surface area contributed by atoms with E-state index in [-0.39, 0.29) is 11.7 Å². The van der Waals surface area contributed by atoms with E-state index in [1.165, 1.54) is 0 Å². The van der Waals surface area contributed by atoms with Gasteiger partial charge in [0.05, 0.1) is 0 Å². The zero-order chi connectivity index (χ0) is 10.1. The lowest BCUT2D eigenvalue weighted by molar-refractivity contribution is -0.121. The fraction of sp³-hybridized carbons (Fsp3) is 0.900. The van der Waals surface area contributed by atoms with E-state index in [4.69, 9.17) is 16.3 Å². The fourth-order valence-corrected chi connectivity index (χ4v) is 1.42. The summed E-state index contributed by atoms with van der Waals surface area (Å²) in [5, 5.41) is 0. The number of alkyl halides is 1. The van der Waals surface area contributed by atoms with E-state index in [1.807, 2.05) is 0 Å². The third-order valence-corrected chi connectivity index (χ3v) is 2.21. The molecule has 0 aromatic heterocycles. The van der Waals surface area contributed by atoms with Crippen LogP contribution < -0.4 is 0 Å². The van der Waals surface area contributed by atoms with E-state index in [2.05, 4.69) is 6.92 Å². The Morgan fingerprint density at radius 3 is 2.54 bits per heavy atom. The molecule has 1 unspecified atom stereocenters. The van der Waals surface area contributed by atoms with Gasteiger partial charge in [0.2, 0.25) is 0 Å². The largest absolute Gasteiger partial charge is 0.381 e. The molecule has 0 spiro atoms. The Hall–Kier alpha value is -0.0800. The lowest BCUT2D eigenvalue weighted by Gasteiger charge is -2.11. The van der Waals surface area contributed by atoms with Crippen LogP contribution in [0.4, 0.5) is 0 Å². The highest BCUT2D eigenvalue weighted by molar-refractivity contribution is 6.18. The first-order valence-electron chi connectivity index (χ1n) is 4.86. The molecule has 0 rings (SSSR count). The van der Waals surface area contributed by atoms with Crippen molar-refractivity contribution in [2.24, 2.45) is 5.92 Å². The second kappa shape index (κ2) is 8.52. The number of ketones is 1. The van der Waals surface area contributed by atoms with E-state index in [9.17, 15) is 4.79 Å². The maximum Gasteiger partial charge on any atom is 0.133 e. The molecule has 0 fully saturated rings. The van der Waals surface area contributed by atoms with Gasteiger partial charge in [-0.05, 0) is 26.2 Å². The molecule has 2 nitrogen and oxygen atoms in total. The molecule has 3 heteroatoms. The topological polar surface area (TPSA) is 26.3 Å². The van der Waals surface area contributed by atoms with Crippen LogP contribution in [0.25, 0.3) is 0 Å². The standard InChI is InChI=1S/C10H19ClO2/c1-3-7-13-8-5-10(4-6-11)9(2)12/h10H,3-8H2,1-2H3. The maximum atomic E-state index is 11.1. The lowest BCUT2D eigenvalue weighted by Crippen LogP contribution is -2.14. The van der Waals surface area contributed by atoms with Gasteiger partial charge in [-0.2, -0.15) is 0 Å². The van der Waals surface area contributed by atoms with E-state index in [1.54, 1.807) is 6.92 Å². The van der Waals surface area contributed by atoms with Gasteiger partial charge in [-0.1, -0.05) is 6.92 Å². The van der Waals surface area contributed by atoms with Crippen LogP contribution in [-0.4, -0.2) is 24.9 Å². The monoisotopic (exact) mass is 206 g/mol. The van der Waals surface area contributed by atoms with Crippen LogP contribution in [0.15, 0.2) is 0 Å². The number of rotatable bonds is 8. The molecule has 0 aromatic rings. The van der Waals surface area contributed by atoms with E-state index in [0.29, 0.717) is 12.5 Å². The first kappa shape index (κ1) is 12.9. The quantitative estimate of drug-likeness (QED) is 0.451. The minimum Gasteiger partial charge on any atom is -0.381 e. The molecule has 0 N–H and O–H groups in total. The van der Waals surface area contributed by atoms with Gasteiger partial charge < -0.3 is 4.74 Å². The van der Waals surface area contributed by atoms with E-state index < -0.39 is 0 Å². The number of hydrogen-bond acceptors (Lipinski definition) is 2. The molecule has 0 saturated carbocycles. The summed E-state index contributed by atoms with van der Waals surface area (Å²) in [6, 6.07) is 0. The zero-order valence-corrected chi connectivity index (χ0v) is 9.27. The normalized spacial score (nSPS) is 12.8. The van der Waals surface area contributed by atoms with Gasteiger partial charge in [-0.15, -0.1) is 11.6 Å². The van der Waals surface area contributed by atoms with Crippen molar-refractivity contribution in [1.29, 1.82) is 0 Å². The molecular formula is C10H19ClO2. The number of Topliss-reactive ketones (excluding diaryl/α,β-unsaturated/α-hetero) is 1. The van der Waals surface area contributed by atoms with Gasteiger partial charge in [0.1, 0.15) is 5.78 Å². The van der Waals surface area contributed by atoms with Crippen LogP contribution in [0.2, 0.25) is 0 Å². The third-order valence-electron chi connectivity index (χ3n) is 1.99. The zero-order valence-electron chi connectivity index (χ0n) is 8.51. The first-order chi connectivity index (χ1) is 6.22. The smallest absolute Gasteiger partial charge is 0.133 e. The Morgan fingerprint density at radius 1 is 1.38 bits per heavy atom. The summed E-state index contributed by atoms with van der Waals surface area (Å²) in [4.78, 5) is 11.1. The van der Waals surface area contributed by atoms with Crippen LogP contribution >= 0.6 is 11.6 Å². The summed E-state index contributed by atoms with van der Waals surface area (Å²) < 4.78 is 5.31. The molecule has 0 aliphatic heterocycles. The second-order valence-corrected chi connectivity index (χ2v) is 3.56. The Labute approximate surface area is 85.6 Å². The molecule has 0 aliphatic rings. The van der Waals surface area contributed by atoms with Crippen molar-refractivity contribution in [3.63, 3.8) is 0 Å². The third kappa shape index (κ3) is 7.03. The number of halogens is 1. The highest BCUT2D eigenvalue weighted by Gasteiger charge is 2.12. The minimum atomic E-state index is 0.0920. The van der Waals surface area contributed by atoms with Gasteiger partial charge in [-0.3, -0.25) is 4.79 Å². The van der Waals surface area contributed by atoms with Gasteiger partial charge >= 0.3 is 0 Å². The number of carbonyl (C=O) groups is 1. The van der Waals surface area contributed by atoms with Crippen molar-refractivity contribution in [2.75, 3.05) is 19.1 Å². The predicted molar refractivity (Wildman–Crippen MR) is 55.2 cm³/mol. The number of hydrogen-bond donors (Lipinski definition) is 0. The summed E-state index contributed by atoms with van der Waals surface area (Å²) in [6.07, 6.45) is 2.61. The number of ether oxygens (including phenoxy) is 1. The molecule has 1 atom stereocenters. The van der Waals surface area contributed by atoms with Gasteiger partial charge in [0, 0.05) is 25.0 Å². The van der Waals surface area contributed by atoms with Gasteiger partial charge in [0.15, 0.2) is 0 Å². The van der Waals surface area contributed by atoms with E-state index in [0.717, 1.165) is 25.9 Å². The van der Waals surface area contributed by atoms with Crippen molar-refractivity contribution in [3.05, 3.63) is 0 Å². The van der Waals surface area contributed by atoms with E-state index >= 15 is 0 Å². The lowest BCUT2D eigenvalue weighted by atomic mass is 9.99. The van der Waals surface area contributed by atoms with Crippen molar-refractivity contribution < 1.29 is 9.53 Å². The van der Waals surface area contributed by atoms with Gasteiger partial charge in [0.25, 0.3) is 0 Å². The highest BCUT2D eigenvalue weighted by Crippen LogP contribution is 2.11. The molecule has 78 valence electrons. The molecule has 0 radical (unpaired) electrons. The molecule has 0 amide bonds. The molecule has 0 bridgehead atoms. The molecule has 0 saturated heterocycles. The van der Waals surface area contributed by atoms with Crippen molar-refractivity contribution in [1.82, 2.24) is 0 Å². The van der Waals surface area contributed by atoms with Crippen molar-refractivity contribution in [2.45, 2.75) is 33.1 Å². The molecule has 0 aliphatic carbocycles. The SMILES string of the molecule is CCCOCCC(CCCl)C(C)=O. The predicted octanol–water partition coefficient (Wildman–Crippen LogP) is 2.64. The Morgan fingerprint density at radius 2 is 2.08 bits per heavy atom. The maximum absolute atomic E-state index is 11.1. The Balaban J connectivity index is 3.51. The summed E-state index contributed by atoms with van der Waals surface area (Å²) in [7, 11) is 0. The van der Waals surface area contributed by atoms with Gasteiger partial charge in [-0.25, -0.2) is 0 Å². The summed E-state index contributed by atoms with van der Waals surface area (Å²) in [5.41, 5.74) is 0. The summed E-state index contributed by atoms with van der Waals surface area (Å²) in [5.74, 6) is 0.869. The Bertz CT molecular complexity index is 137. The van der Waals surface area contributed by atoms with Crippen LogP contribution in [-0.2, 0) is 9.53 Å². The average molecular weight is 207 g/mol. The molecule has 13 heavy (non-hydrogen) atoms. The Kier molecular flexibility index (Phi) is 8.46. The summed E-state index contributed by atoms with van der Waals surface area (Å²) >= 11 is 5.59. The van der Waals surface area contributed by atoms with Crippen LogP contribution in [0, 0.1) is 5.92 Å². The first-order valence-corrected chi connectivity index (χ1v) is 5.40. The van der Waals surface area contributed by atoms with Crippen molar-refractivity contribution >= 4 is 17.4 Å². The van der Waals surface area contributed by atoms with Crippen LogP contribution in [0.3, 0.4) is 0 Å².